The summed E-state index contributed by atoms with van der Waals surface area (Å²) in [6.07, 6.45) is 1.73. The molecule has 162 valence electrons. The molecule has 9 heteroatoms. The SMILES string of the molecule is CC(C)C(C)(C#N)NC(=O)CN1CCN(CCCc2nc(-c3cccs3)no2)CC1. The molecule has 8 nitrogen and oxygen atoms in total. The van der Waals surface area contributed by atoms with Gasteiger partial charge in [-0.2, -0.15) is 10.2 Å². The Morgan fingerprint density at radius 3 is 2.73 bits per heavy atom. The van der Waals surface area contributed by atoms with Crippen LogP contribution in [0.4, 0.5) is 0 Å². The molecule has 2 aromatic heterocycles. The van der Waals surface area contributed by atoms with Gasteiger partial charge >= 0.3 is 0 Å². The molecule has 1 saturated heterocycles. The standard InChI is InChI=1S/C21H30N6O2S/c1-16(2)21(3,15-22)24-18(28)14-27-11-9-26(10-12-27)8-4-7-19-23-20(25-29-19)17-6-5-13-30-17/h5-6,13,16H,4,7-12,14H2,1-3H3,(H,24,28). The Morgan fingerprint density at radius 1 is 1.37 bits per heavy atom. The molecule has 0 spiro atoms. The second-order valence-electron chi connectivity index (χ2n) is 8.23. The van der Waals surface area contributed by atoms with Crippen LogP contribution in [-0.2, 0) is 11.2 Å². The Labute approximate surface area is 181 Å². The minimum Gasteiger partial charge on any atom is -0.339 e. The van der Waals surface area contributed by atoms with Crippen LogP contribution in [-0.4, -0.2) is 70.7 Å². The molecule has 3 rings (SSSR count). The van der Waals surface area contributed by atoms with E-state index in [4.69, 9.17) is 4.52 Å². The summed E-state index contributed by atoms with van der Waals surface area (Å²) in [5.41, 5.74) is -0.822. The normalized spacial score (nSPS) is 17.6. The fourth-order valence-electron chi connectivity index (χ4n) is 3.32. The number of nitrogens with one attached hydrogen (secondary N) is 1. The van der Waals surface area contributed by atoms with Crippen molar-refractivity contribution in [1.82, 2.24) is 25.3 Å². The summed E-state index contributed by atoms with van der Waals surface area (Å²) >= 11 is 1.60. The molecule has 0 aromatic carbocycles. The molecule has 1 amide bonds. The minimum atomic E-state index is -0.822. The number of aromatic nitrogens is 2. The van der Waals surface area contributed by atoms with Crippen molar-refractivity contribution >= 4 is 17.2 Å². The van der Waals surface area contributed by atoms with E-state index >= 15 is 0 Å². The van der Waals surface area contributed by atoms with Crippen LogP contribution in [0.2, 0.25) is 0 Å². The van der Waals surface area contributed by atoms with Gasteiger partial charge in [-0.1, -0.05) is 25.1 Å². The van der Waals surface area contributed by atoms with E-state index in [0.717, 1.165) is 50.4 Å². The first-order chi connectivity index (χ1) is 14.4. The molecule has 1 N–H and O–H groups in total. The quantitative estimate of drug-likeness (QED) is 0.652. The van der Waals surface area contributed by atoms with Gasteiger partial charge in [0.2, 0.25) is 17.6 Å². The first-order valence-corrected chi connectivity index (χ1v) is 11.3. The van der Waals surface area contributed by atoms with Crippen LogP contribution < -0.4 is 5.32 Å². The Hall–Kier alpha value is -2.28. The van der Waals surface area contributed by atoms with Gasteiger partial charge in [0, 0.05) is 32.6 Å². The maximum atomic E-state index is 12.3. The summed E-state index contributed by atoms with van der Waals surface area (Å²) < 4.78 is 5.36. The number of carbonyl (C=O) groups excluding carboxylic acids is 1. The van der Waals surface area contributed by atoms with Gasteiger partial charge in [-0.25, -0.2) is 0 Å². The Kier molecular flexibility index (Phi) is 7.58. The topological polar surface area (TPSA) is 98.3 Å². The van der Waals surface area contributed by atoms with Crippen molar-refractivity contribution in [3.8, 4) is 16.8 Å². The van der Waals surface area contributed by atoms with Gasteiger partial charge in [-0.05, 0) is 37.3 Å². The highest BCUT2D eigenvalue weighted by Crippen LogP contribution is 2.21. The van der Waals surface area contributed by atoms with E-state index in [1.54, 1.807) is 18.3 Å². The molecule has 1 unspecified atom stereocenters. The number of amides is 1. The van der Waals surface area contributed by atoms with Gasteiger partial charge in [-0.15, -0.1) is 11.3 Å². The van der Waals surface area contributed by atoms with Crippen LogP contribution in [0.25, 0.3) is 10.7 Å². The predicted octanol–water partition coefficient (Wildman–Crippen LogP) is 2.40. The van der Waals surface area contributed by atoms with Crippen molar-refractivity contribution in [2.75, 3.05) is 39.3 Å². The van der Waals surface area contributed by atoms with Gasteiger partial charge in [0.05, 0.1) is 17.5 Å². The molecule has 1 aliphatic rings. The van der Waals surface area contributed by atoms with E-state index in [-0.39, 0.29) is 11.8 Å². The van der Waals surface area contributed by atoms with Gasteiger partial charge in [-0.3, -0.25) is 9.69 Å². The molecular formula is C21H30N6O2S. The third-order valence-corrected chi connectivity index (χ3v) is 6.56. The van der Waals surface area contributed by atoms with Crippen LogP contribution >= 0.6 is 11.3 Å². The van der Waals surface area contributed by atoms with Crippen molar-refractivity contribution in [3.05, 3.63) is 23.4 Å². The van der Waals surface area contributed by atoms with Crippen LogP contribution in [0, 0.1) is 17.2 Å². The van der Waals surface area contributed by atoms with E-state index in [1.165, 1.54) is 0 Å². The maximum Gasteiger partial charge on any atom is 0.235 e. The van der Waals surface area contributed by atoms with Crippen LogP contribution in [0.5, 0.6) is 0 Å². The zero-order valence-electron chi connectivity index (χ0n) is 17.9. The Bertz CT molecular complexity index is 851. The van der Waals surface area contributed by atoms with Crippen molar-refractivity contribution < 1.29 is 9.32 Å². The fourth-order valence-corrected chi connectivity index (χ4v) is 3.97. The van der Waals surface area contributed by atoms with E-state index in [2.05, 4.69) is 31.3 Å². The molecule has 30 heavy (non-hydrogen) atoms. The number of hydrogen-bond donors (Lipinski definition) is 1. The van der Waals surface area contributed by atoms with Gasteiger partial charge < -0.3 is 14.7 Å². The van der Waals surface area contributed by atoms with E-state index in [9.17, 15) is 10.1 Å². The fraction of sp³-hybridized carbons (Fsp3) is 0.619. The number of aryl methyl sites for hydroxylation is 1. The highest BCUT2D eigenvalue weighted by molar-refractivity contribution is 7.13. The lowest BCUT2D eigenvalue weighted by molar-refractivity contribution is -0.124. The van der Waals surface area contributed by atoms with E-state index in [1.807, 2.05) is 31.4 Å². The van der Waals surface area contributed by atoms with Crippen molar-refractivity contribution in [3.63, 3.8) is 0 Å². The van der Waals surface area contributed by atoms with E-state index < -0.39 is 5.54 Å². The molecule has 1 atom stereocenters. The lowest BCUT2D eigenvalue weighted by atomic mass is 9.90. The number of carbonyl (C=O) groups is 1. The molecule has 3 heterocycles. The van der Waals surface area contributed by atoms with Gasteiger partial charge in [0.25, 0.3) is 0 Å². The van der Waals surface area contributed by atoms with Crippen molar-refractivity contribution in [2.45, 2.75) is 39.2 Å². The maximum absolute atomic E-state index is 12.3. The summed E-state index contributed by atoms with van der Waals surface area (Å²) in [4.78, 5) is 22.4. The first kappa shape index (κ1) is 22.4. The molecule has 0 bridgehead atoms. The summed E-state index contributed by atoms with van der Waals surface area (Å²) in [7, 11) is 0. The van der Waals surface area contributed by atoms with Crippen LogP contribution in [0.3, 0.4) is 0 Å². The van der Waals surface area contributed by atoms with Crippen LogP contribution in [0.15, 0.2) is 22.0 Å². The third kappa shape index (κ3) is 5.88. The molecular weight excluding hydrogens is 400 g/mol. The smallest absolute Gasteiger partial charge is 0.235 e. The second-order valence-corrected chi connectivity index (χ2v) is 9.18. The average Bonchev–Trinajstić information content (AvgIpc) is 3.40. The van der Waals surface area contributed by atoms with E-state index in [0.29, 0.717) is 18.3 Å². The molecule has 1 aliphatic heterocycles. The number of rotatable bonds is 9. The molecule has 0 saturated carbocycles. The zero-order chi connectivity index (χ0) is 21.6. The lowest BCUT2D eigenvalue weighted by Crippen LogP contribution is -2.54. The number of nitriles is 1. The van der Waals surface area contributed by atoms with Crippen LogP contribution in [0.1, 0.15) is 33.1 Å². The lowest BCUT2D eigenvalue weighted by Gasteiger charge is -2.35. The minimum absolute atomic E-state index is 0.0588. The predicted molar refractivity (Wildman–Crippen MR) is 116 cm³/mol. The molecule has 2 aromatic rings. The van der Waals surface area contributed by atoms with Gasteiger partial charge in [0.15, 0.2) is 0 Å². The van der Waals surface area contributed by atoms with Crippen molar-refractivity contribution in [1.29, 1.82) is 5.26 Å². The molecule has 0 aliphatic carbocycles. The zero-order valence-corrected chi connectivity index (χ0v) is 18.7. The van der Waals surface area contributed by atoms with Crippen molar-refractivity contribution in [2.24, 2.45) is 5.92 Å². The molecule has 0 radical (unpaired) electrons. The summed E-state index contributed by atoms with van der Waals surface area (Å²) in [6, 6.07) is 6.19. The number of hydrogen-bond acceptors (Lipinski definition) is 8. The largest absolute Gasteiger partial charge is 0.339 e. The number of piperazine rings is 1. The highest BCUT2D eigenvalue weighted by Gasteiger charge is 2.30. The number of nitrogens with zero attached hydrogens (tertiary/aromatic N) is 5. The third-order valence-electron chi connectivity index (χ3n) is 5.69. The summed E-state index contributed by atoms with van der Waals surface area (Å²) in [5, 5.41) is 18.3. The molecule has 1 fully saturated rings. The summed E-state index contributed by atoms with van der Waals surface area (Å²) in [6.45, 7) is 10.5. The average molecular weight is 431 g/mol. The number of thiophene rings is 1. The highest BCUT2D eigenvalue weighted by atomic mass is 32.1. The first-order valence-electron chi connectivity index (χ1n) is 10.4. The summed E-state index contributed by atoms with van der Waals surface area (Å²) in [5.74, 6) is 1.32. The Morgan fingerprint density at radius 2 is 2.10 bits per heavy atom. The van der Waals surface area contributed by atoms with Gasteiger partial charge in [0.1, 0.15) is 5.54 Å². The second kappa shape index (κ2) is 10.2. The monoisotopic (exact) mass is 430 g/mol. The Balaban J connectivity index is 1.35.